The highest BCUT2D eigenvalue weighted by atomic mass is 16.1. The molecule has 0 unspecified atom stereocenters. The molecule has 1 amide bonds. The van der Waals surface area contributed by atoms with Gasteiger partial charge in [0, 0.05) is 45.2 Å². The van der Waals surface area contributed by atoms with E-state index in [1.165, 1.54) is 50.8 Å². The third-order valence-corrected chi connectivity index (χ3v) is 6.72. The standard InChI is InChI=1S/C25H26N4O2.C9H19N.C2H6.2H2/c1-8-12-19(9-2)22(10-3)28-14-17(5)21(16-26-7)25(31)29-23-13-20(24(30)11-4)15-27-18(23)6;1-4-7-10-8-5-6-9(10,2)3;1-2;;/h1,9-16H,2,4H2,3,5-7H3,(H,29,31);4-8H2,1-3H3;1-2H3;2*1H/b19-12+,21-17-,22-10-,26-16?,28-14-;;;;. The number of terminal acetylenes is 1. The Morgan fingerprint density at radius 3 is 2.42 bits per heavy atom. The molecule has 0 saturated carbocycles. The van der Waals surface area contributed by atoms with Crippen molar-refractivity contribution in [3.05, 3.63) is 83.4 Å². The molecular formula is C36H55N5O2. The zero-order chi connectivity index (χ0) is 33.0. The van der Waals surface area contributed by atoms with E-state index in [1.54, 1.807) is 51.4 Å². The first kappa shape index (κ1) is 38.9. The molecule has 7 nitrogen and oxygen atoms in total. The van der Waals surface area contributed by atoms with E-state index in [0.717, 1.165) is 0 Å². The van der Waals surface area contributed by atoms with Gasteiger partial charge >= 0.3 is 0 Å². The molecule has 1 saturated heterocycles. The number of aromatic nitrogens is 1. The van der Waals surface area contributed by atoms with Gasteiger partial charge in [-0.05, 0) is 90.8 Å². The molecule has 7 heteroatoms. The van der Waals surface area contributed by atoms with Crippen LogP contribution in [0.1, 0.15) is 86.6 Å². The Kier molecular flexibility index (Phi) is 18.7. The van der Waals surface area contributed by atoms with Gasteiger partial charge in [-0.2, -0.15) is 0 Å². The molecule has 2 heterocycles. The third kappa shape index (κ3) is 12.7. The monoisotopic (exact) mass is 589 g/mol. The predicted molar refractivity (Wildman–Crippen MR) is 189 cm³/mol. The van der Waals surface area contributed by atoms with Crippen LogP contribution in [0.2, 0.25) is 0 Å². The number of aryl methyl sites for hydroxylation is 1. The Bertz CT molecular complexity index is 1310. The van der Waals surface area contributed by atoms with Crippen molar-refractivity contribution in [3.8, 4) is 12.3 Å². The van der Waals surface area contributed by atoms with Crippen LogP contribution in [0.25, 0.3) is 0 Å². The number of aliphatic imine (C=N–C) groups is 2. The van der Waals surface area contributed by atoms with Crippen LogP contribution in [-0.4, -0.2) is 59.7 Å². The van der Waals surface area contributed by atoms with Crippen LogP contribution in [-0.2, 0) is 4.79 Å². The summed E-state index contributed by atoms with van der Waals surface area (Å²) in [5.41, 5.74) is 4.02. The number of ketones is 1. The summed E-state index contributed by atoms with van der Waals surface area (Å²) >= 11 is 0. The Morgan fingerprint density at radius 1 is 1.26 bits per heavy atom. The van der Waals surface area contributed by atoms with E-state index < -0.39 is 5.91 Å². The lowest BCUT2D eigenvalue weighted by molar-refractivity contribution is -0.112. The maximum atomic E-state index is 12.9. The van der Waals surface area contributed by atoms with Crippen LogP contribution in [0.3, 0.4) is 0 Å². The van der Waals surface area contributed by atoms with Crippen LogP contribution in [0, 0.1) is 19.3 Å². The molecule has 0 radical (unpaired) electrons. The van der Waals surface area contributed by atoms with Crippen molar-refractivity contribution >= 4 is 29.8 Å². The number of amides is 1. The highest BCUT2D eigenvalue weighted by molar-refractivity contribution is 6.21. The van der Waals surface area contributed by atoms with Crippen LogP contribution in [0.15, 0.2) is 82.1 Å². The lowest BCUT2D eigenvalue weighted by Crippen LogP contribution is -2.38. The summed E-state index contributed by atoms with van der Waals surface area (Å²) in [6.45, 7) is 26.1. The van der Waals surface area contributed by atoms with E-state index in [1.807, 2.05) is 20.8 Å². The number of anilines is 1. The second kappa shape index (κ2) is 20.7. The van der Waals surface area contributed by atoms with Crippen molar-refractivity contribution in [2.75, 3.05) is 25.5 Å². The number of rotatable bonds is 11. The van der Waals surface area contributed by atoms with Gasteiger partial charge in [0.05, 0.1) is 22.7 Å². The summed E-state index contributed by atoms with van der Waals surface area (Å²) in [6.07, 6.45) is 20.0. The van der Waals surface area contributed by atoms with Gasteiger partial charge in [0.2, 0.25) is 0 Å². The van der Waals surface area contributed by atoms with Crippen molar-refractivity contribution in [2.45, 2.75) is 80.2 Å². The molecule has 236 valence electrons. The molecule has 0 aromatic carbocycles. The second-order valence-electron chi connectivity index (χ2n) is 10.2. The number of carbonyl (C=O) groups excluding carboxylic acids is 2. The quantitative estimate of drug-likeness (QED) is 0.0926. The first-order chi connectivity index (χ1) is 20.5. The van der Waals surface area contributed by atoms with Crippen LogP contribution in [0.5, 0.6) is 0 Å². The van der Waals surface area contributed by atoms with E-state index in [-0.39, 0.29) is 8.64 Å². The van der Waals surface area contributed by atoms with Crippen molar-refractivity contribution in [1.29, 1.82) is 0 Å². The average molecular weight is 590 g/mol. The first-order valence-electron chi connectivity index (χ1n) is 14.8. The third-order valence-electron chi connectivity index (χ3n) is 6.72. The Morgan fingerprint density at radius 2 is 1.93 bits per heavy atom. The maximum Gasteiger partial charge on any atom is 0.257 e. The summed E-state index contributed by atoms with van der Waals surface area (Å²) in [5.74, 6) is 1.76. The number of pyridine rings is 1. The fourth-order valence-electron chi connectivity index (χ4n) is 4.30. The Hall–Kier alpha value is -4.15. The van der Waals surface area contributed by atoms with Crippen LogP contribution in [0.4, 0.5) is 5.69 Å². The smallest absolute Gasteiger partial charge is 0.257 e. The summed E-state index contributed by atoms with van der Waals surface area (Å²) in [6, 6.07) is 1.56. The molecular weight excluding hydrogens is 534 g/mol. The van der Waals surface area contributed by atoms with E-state index >= 15 is 0 Å². The molecule has 1 aromatic heterocycles. The van der Waals surface area contributed by atoms with Crippen LogP contribution < -0.4 is 5.32 Å². The molecule has 1 aromatic rings. The second-order valence-corrected chi connectivity index (χ2v) is 10.2. The minimum atomic E-state index is -0.409. The zero-order valence-electron chi connectivity index (χ0n) is 27.8. The zero-order valence-corrected chi connectivity index (χ0v) is 27.8. The molecule has 0 atom stereocenters. The molecule has 1 fully saturated rings. The summed E-state index contributed by atoms with van der Waals surface area (Å²) in [5, 5.41) is 2.78. The Labute approximate surface area is 263 Å². The number of carbonyl (C=O) groups is 2. The van der Waals surface area contributed by atoms with Gasteiger partial charge in [0.1, 0.15) is 0 Å². The minimum absolute atomic E-state index is 0. The number of likely N-dealkylation sites (tertiary alicyclic amines) is 1. The van der Waals surface area contributed by atoms with Crippen molar-refractivity contribution in [2.24, 2.45) is 9.98 Å². The highest BCUT2D eigenvalue weighted by Crippen LogP contribution is 2.27. The minimum Gasteiger partial charge on any atom is -0.320 e. The Balaban J connectivity index is -0.00000106. The van der Waals surface area contributed by atoms with Crippen molar-refractivity contribution in [1.82, 2.24) is 9.88 Å². The SMILES string of the molecule is C#C/C=C(C=C)/C(=C/C)/N=C\C(C)=C(\C=NC)C(=O)Nc1cc(C(=O)C=C)cnc1C.CC.CCCN1CCCC1(C)C.[HH].[HH]. The van der Waals surface area contributed by atoms with Crippen LogP contribution >= 0.6 is 0 Å². The molecule has 0 bridgehead atoms. The largest absolute Gasteiger partial charge is 0.320 e. The lowest BCUT2D eigenvalue weighted by Gasteiger charge is -2.30. The van der Waals surface area contributed by atoms with E-state index in [4.69, 9.17) is 6.42 Å². The van der Waals surface area contributed by atoms with E-state index in [2.05, 4.69) is 65.0 Å². The molecule has 1 N–H and O–H groups in total. The molecule has 0 spiro atoms. The number of nitrogens with zero attached hydrogens (tertiary/aromatic N) is 4. The van der Waals surface area contributed by atoms with Gasteiger partial charge < -0.3 is 5.32 Å². The number of nitrogens with one attached hydrogen (secondary N) is 1. The normalized spacial score (nSPS) is 15.4. The fraction of sp³-hybridized carbons (Fsp3) is 0.417. The summed E-state index contributed by atoms with van der Waals surface area (Å²) in [4.78, 5) is 40.0. The summed E-state index contributed by atoms with van der Waals surface area (Å²) in [7, 11) is 1.57. The number of allylic oxidation sites excluding steroid dienone is 5. The van der Waals surface area contributed by atoms with Gasteiger partial charge in [-0.3, -0.25) is 29.5 Å². The van der Waals surface area contributed by atoms with E-state index in [0.29, 0.717) is 44.9 Å². The molecule has 1 aliphatic heterocycles. The molecule has 2 rings (SSSR count). The maximum absolute atomic E-state index is 12.9. The highest BCUT2D eigenvalue weighted by Gasteiger charge is 2.30. The first-order valence-corrected chi connectivity index (χ1v) is 14.8. The lowest BCUT2D eigenvalue weighted by atomic mass is 10.0. The van der Waals surface area contributed by atoms with Gasteiger partial charge in [-0.1, -0.05) is 52.0 Å². The average Bonchev–Trinajstić information content (AvgIpc) is 3.34. The number of hydrogen-bond acceptors (Lipinski definition) is 6. The predicted octanol–water partition coefficient (Wildman–Crippen LogP) is 8.22. The van der Waals surface area contributed by atoms with Gasteiger partial charge in [0.25, 0.3) is 5.91 Å². The number of hydrogen-bond donors (Lipinski definition) is 1. The topological polar surface area (TPSA) is 87.0 Å². The van der Waals surface area contributed by atoms with Gasteiger partial charge in [-0.25, -0.2) is 0 Å². The fourth-order valence-corrected chi connectivity index (χ4v) is 4.30. The van der Waals surface area contributed by atoms with E-state index in [9.17, 15) is 9.59 Å². The van der Waals surface area contributed by atoms with Gasteiger partial charge in [-0.15, -0.1) is 6.42 Å². The molecule has 0 aliphatic carbocycles. The van der Waals surface area contributed by atoms with Gasteiger partial charge in [0.15, 0.2) is 5.78 Å². The molecule has 43 heavy (non-hydrogen) atoms. The summed E-state index contributed by atoms with van der Waals surface area (Å²) < 4.78 is 0. The molecule has 1 aliphatic rings. The van der Waals surface area contributed by atoms with Crippen molar-refractivity contribution in [3.63, 3.8) is 0 Å². The van der Waals surface area contributed by atoms with Crippen molar-refractivity contribution < 1.29 is 12.4 Å².